The number of nitrogens with zero attached hydrogens (tertiary/aromatic N) is 1. The molecule has 0 spiro atoms. The first-order valence-corrected chi connectivity index (χ1v) is 7.27. The van der Waals surface area contributed by atoms with Crippen LogP contribution in [0.4, 0.5) is 4.39 Å². The van der Waals surface area contributed by atoms with Gasteiger partial charge in [-0.1, -0.05) is 13.0 Å². The van der Waals surface area contributed by atoms with E-state index in [1.54, 1.807) is 24.4 Å². The Morgan fingerprint density at radius 3 is 2.80 bits per heavy atom. The van der Waals surface area contributed by atoms with Gasteiger partial charge in [-0.15, -0.1) is 0 Å². The van der Waals surface area contributed by atoms with Gasteiger partial charge < -0.3 is 10.1 Å². The van der Waals surface area contributed by atoms with Gasteiger partial charge >= 0.3 is 0 Å². The highest BCUT2D eigenvalue weighted by Crippen LogP contribution is 2.24. The van der Waals surface area contributed by atoms with Gasteiger partial charge in [-0.3, -0.25) is 0 Å². The molecule has 106 valence electrons. The molecule has 0 saturated heterocycles. The van der Waals surface area contributed by atoms with Crippen LogP contribution in [0.25, 0.3) is 0 Å². The summed E-state index contributed by atoms with van der Waals surface area (Å²) in [5, 5.41) is 3.30. The molecular weight excluding hydrogens is 323 g/mol. The Balaban J connectivity index is 1.97. The van der Waals surface area contributed by atoms with Gasteiger partial charge in [0, 0.05) is 24.9 Å². The van der Waals surface area contributed by atoms with E-state index in [9.17, 15) is 4.39 Å². The van der Waals surface area contributed by atoms with Crippen molar-refractivity contribution in [3.8, 4) is 11.6 Å². The Morgan fingerprint density at radius 2 is 2.15 bits per heavy atom. The van der Waals surface area contributed by atoms with Crippen LogP contribution in [-0.4, -0.2) is 11.5 Å². The van der Waals surface area contributed by atoms with Crippen LogP contribution >= 0.6 is 15.9 Å². The highest BCUT2D eigenvalue weighted by molar-refractivity contribution is 9.10. The molecule has 2 aromatic rings. The average Bonchev–Trinajstić information content (AvgIpc) is 2.45. The lowest BCUT2D eigenvalue weighted by Crippen LogP contribution is -2.13. The van der Waals surface area contributed by atoms with Gasteiger partial charge in [0.1, 0.15) is 11.6 Å². The quantitative estimate of drug-likeness (QED) is 0.798. The van der Waals surface area contributed by atoms with Crippen molar-refractivity contribution in [2.45, 2.75) is 19.9 Å². The second kappa shape index (κ2) is 7.36. The second-order valence-corrected chi connectivity index (χ2v) is 5.21. The summed E-state index contributed by atoms with van der Waals surface area (Å²) >= 11 is 3.10. The van der Waals surface area contributed by atoms with Crippen LogP contribution in [0.15, 0.2) is 41.0 Å². The first-order chi connectivity index (χ1) is 9.69. The number of ether oxygens (including phenoxy) is 1. The van der Waals surface area contributed by atoms with Gasteiger partial charge in [0.05, 0.1) is 4.47 Å². The number of hydrogen-bond donors (Lipinski definition) is 1. The molecule has 1 aromatic carbocycles. The van der Waals surface area contributed by atoms with Gasteiger partial charge in [0.25, 0.3) is 0 Å². The summed E-state index contributed by atoms with van der Waals surface area (Å²) in [5.74, 6) is 0.518. The Kier molecular flexibility index (Phi) is 5.49. The van der Waals surface area contributed by atoms with E-state index in [0.717, 1.165) is 25.1 Å². The molecule has 0 aliphatic rings. The molecule has 1 N–H and O–H groups in total. The molecule has 0 fully saturated rings. The van der Waals surface area contributed by atoms with Crippen molar-refractivity contribution in [1.29, 1.82) is 0 Å². The zero-order valence-electron chi connectivity index (χ0n) is 11.2. The summed E-state index contributed by atoms with van der Waals surface area (Å²) in [6, 6.07) is 8.34. The molecule has 0 aliphatic carbocycles. The minimum Gasteiger partial charge on any atom is -0.439 e. The maximum Gasteiger partial charge on any atom is 0.219 e. The van der Waals surface area contributed by atoms with Crippen molar-refractivity contribution in [1.82, 2.24) is 10.3 Å². The third kappa shape index (κ3) is 4.28. The highest BCUT2D eigenvalue weighted by atomic mass is 79.9. The lowest BCUT2D eigenvalue weighted by Gasteiger charge is -2.07. The number of pyridine rings is 1. The number of hydrogen-bond acceptors (Lipinski definition) is 3. The van der Waals surface area contributed by atoms with Crippen LogP contribution < -0.4 is 10.1 Å². The Morgan fingerprint density at radius 1 is 1.30 bits per heavy atom. The topological polar surface area (TPSA) is 34.1 Å². The van der Waals surface area contributed by atoms with Gasteiger partial charge in [0.15, 0.2) is 0 Å². The van der Waals surface area contributed by atoms with E-state index in [1.807, 2.05) is 6.07 Å². The van der Waals surface area contributed by atoms with E-state index in [-0.39, 0.29) is 5.82 Å². The highest BCUT2D eigenvalue weighted by Gasteiger charge is 2.03. The molecule has 0 bridgehead atoms. The first-order valence-electron chi connectivity index (χ1n) is 6.47. The lowest BCUT2D eigenvalue weighted by molar-refractivity contribution is 0.457. The molecule has 0 radical (unpaired) electrons. The fourth-order valence-corrected chi connectivity index (χ4v) is 1.89. The van der Waals surface area contributed by atoms with Crippen LogP contribution in [0.2, 0.25) is 0 Å². The van der Waals surface area contributed by atoms with E-state index in [1.165, 1.54) is 6.07 Å². The molecule has 5 heteroatoms. The summed E-state index contributed by atoms with van der Waals surface area (Å²) in [6.07, 6.45) is 2.86. The van der Waals surface area contributed by atoms with Crippen LogP contribution in [0, 0.1) is 5.82 Å². The number of aromatic nitrogens is 1. The predicted molar refractivity (Wildman–Crippen MR) is 80.4 cm³/mol. The second-order valence-electron chi connectivity index (χ2n) is 4.36. The average molecular weight is 339 g/mol. The van der Waals surface area contributed by atoms with E-state index in [4.69, 9.17) is 4.74 Å². The van der Waals surface area contributed by atoms with Crippen molar-refractivity contribution >= 4 is 15.9 Å². The molecule has 1 aromatic heterocycles. The molecule has 3 nitrogen and oxygen atoms in total. The van der Waals surface area contributed by atoms with Gasteiger partial charge in [-0.2, -0.15) is 0 Å². The molecule has 0 atom stereocenters. The number of rotatable bonds is 6. The molecule has 0 aliphatic heterocycles. The summed E-state index contributed by atoms with van der Waals surface area (Å²) in [7, 11) is 0. The summed E-state index contributed by atoms with van der Waals surface area (Å²) in [5.41, 5.74) is 1.09. The molecule has 2 rings (SSSR count). The van der Waals surface area contributed by atoms with E-state index >= 15 is 0 Å². The van der Waals surface area contributed by atoms with Crippen LogP contribution in [0.5, 0.6) is 11.6 Å². The standard InChI is InChI=1S/C15H16BrFN2O/c1-2-7-18-9-11-3-6-15(19-10-11)20-12-4-5-13(16)14(17)8-12/h3-6,8,10,18H,2,7,9H2,1H3. The third-order valence-electron chi connectivity index (χ3n) is 2.67. The fourth-order valence-electron chi connectivity index (χ4n) is 1.65. The maximum absolute atomic E-state index is 13.4. The largest absolute Gasteiger partial charge is 0.439 e. The van der Waals surface area contributed by atoms with E-state index in [0.29, 0.717) is 16.1 Å². The van der Waals surface area contributed by atoms with E-state index < -0.39 is 0 Å². The third-order valence-corrected chi connectivity index (χ3v) is 3.31. The van der Waals surface area contributed by atoms with Gasteiger partial charge in [0.2, 0.25) is 5.88 Å². The zero-order valence-corrected chi connectivity index (χ0v) is 12.8. The normalized spacial score (nSPS) is 10.6. The van der Waals surface area contributed by atoms with Crippen LogP contribution in [0.1, 0.15) is 18.9 Å². The lowest BCUT2D eigenvalue weighted by atomic mass is 10.3. The smallest absolute Gasteiger partial charge is 0.219 e. The minimum atomic E-state index is -0.358. The van der Waals surface area contributed by atoms with Gasteiger partial charge in [-0.05, 0) is 46.6 Å². The maximum atomic E-state index is 13.4. The summed E-state index contributed by atoms with van der Waals surface area (Å²) in [4.78, 5) is 4.21. The van der Waals surface area contributed by atoms with Crippen LogP contribution in [-0.2, 0) is 6.54 Å². The Bertz CT molecular complexity index is 560. The van der Waals surface area contributed by atoms with Crippen molar-refractivity contribution in [3.05, 3.63) is 52.4 Å². The fraction of sp³-hybridized carbons (Fsp3) is 0.267. The number of halogens is 2. The van der Waals surface area contributed by atoms with Crippen molar-refractivity contribution in [2.24, 2.45) is 0 Å². The van der Waals surface area contributed by atoms with E-state index in [2.05, 4.69) is 33.2 Å². The molecular formula is C15H16BrFN2O. The molecule has 0 amide bonds. The summed E-state index contributed by atoms with van der Waals surface area (Å²) < 4.78 is 19.3. The summed E-state index contributed by atoms with van der Waals surface area (Å²) in [6.45, 7) is 3.89. The SMILES string of the molecule is CCCNCc1ccc(Oc2ccc(Br)c(F)c2)nc1. The molecule has 0 saturated carbocycles. The minimum absolute atomic E-state index is 0.358. The molecule has 0 unspecified atom stereocenters. The molecule has 1 heterocycles. The zero-order chi connectivity index (χ0) is 14.4. The predicted octanol–water partition coefficient (Wildman–Crippen LogP) is 4.28. The Hall–Kier alpha value is -1.46. The molecule has 20 heavy (non-hydrogen) atoms. The van der Waals surface area contributed by atoms with Crippen molar-refractivity contribution < 1.29 is 9.13 Å². The monoisotopic (exact) mass is 338 g/mol. The Labute approximate surface area is 126 Å². The van der Waals surface area contributed by atoms with Crippen molar-refractivity contribution in [3.63, 3.8) is 0 Å². The number of benzene rings is 1. The first kappa shape index (κ1) is 14.9. The number of nitrogens with one attached hydrogen (secondary N) is 1. The van der Waals surface area contributed by atoms with Gasteiger partial charge in [-0.25, -0.2) is 9.37 Å². The van der Waals surface area contributed by atoms with Crippen LogP contribution in [0.3, 0.4) is 0 Å². The van der Waals surface area contributed by atoms with Crippen molar-refractivity contribution in [2.75, 3.05) is 6.54 Å².